The number of rotatable bonds is 5. The summed E-state index contributed by atoms with van der Waals surface area (Å²) in [5.74, 6) is 0.649. The number of carbonyl (C=O) groups excluding carboxylic acids is 1. The van der Waals surface area contributed by atoms with E-state index >= 15 is 0 Å². The summed E-state index contributed by atoms with van der Waals surface area (Å²) in [6.07, 6.45) is 2.94. The van der Waals surface area contributed by atoms with E-state index in [1.54, 1.807) is 30.5 Å². The Labute approximate surface area is 155 Å². The summed E-state index contributed by atoms with van der Waals surface area (Å²) in [5.41, 5.74) is 1.65. The Morgan fingerprint density at radius 3 is 2.68 bits per heavy atom. The number of aromatic nitrogens is 2. The summed E-state index contributed by atoms with van der Waals surface area (Å²) in [6, 6.07) is 14.4. The van der Waals surface area contributed by atoms with Gasteiger partial charge in [0.1, 0.15) is 5.82 Å². The molecule has 0 fully saturated rings. The van der Waals surface area contributed by atoms with E-state index in [1.165, 1.54) is 0 Å². The largest absolute Gasteiger partial charge is 0.441 e. The molecule has 0 atom stereocenters. The SMILES string of the molecule is O=C(Nc1cccc(Cl)c1)OCc1nccn1Cc1ccc(Cl)cc1. The summed E-state index contributed by atoms with van der Waals surface area (Å²) in [6.45, 7) is 0.679. The summed E-state index contributed by atoms with van der Waals surface area (Å²) in [5, 5.41) is 3.85. The predicted molar refractivity (Wildman–Crippen MR) is 98.0 cm³/mol. The van der Waals surface area contributed by atoms with Gasteiger partial charge in [-0.2, -0.15) is 0 Å². The Morgan fingerprint density at radius 2 is 1.92 bits per heavy atom. The zero-order chi connectivity index (χ0) is 17.6. The standard InChI is InChI=1S/C18H15Cl2N3O2/c19-14-6-4-13(5-7-14)11-23-9-8-21-17(23)12-25-18(24)22-16-3-1-2-15(20)10-16/h1-10H,11-12H2,(H,22,24). The van der Waals surface area contributed by atoms with Gasteiger partial charge < -0.3 is 9.30 Å². The van der Waals surface area contributed by atoms with Gasteiger partial charge in [-0.25, -0.2) is 9.78 Å². The Bertz CT molecular complexity index is 863. The maximum absolute atomic E-state index is 11.9. The predicted octanol–water partition coefficient (Wildman–Crippen LogP) is 4.99. The van der Waals surface area contributed by atoms with Crippen LogP contribution in [0.4, 0.5) is 10.5 Å². The minimum atomic E-state index is -0.566. The molecule has 0 saturated carbocycles. The van der Waals surface area contributed by atoms with Gasteiger partial charge >= 0.3 is 6.09 Å². The number of hydrogen-bond acceptors (Lipinski definition) is 3. The van der Waals surface area contributed by atoms with Gasteiger partial charge in [0.05, 0.1) is 0 Å². The van der Waals surface area contributed by atoms with E-state index in [1.807, 2.05) is 35.0 Å². The first kappa shape index (κ1) is 17.3. The molecule has 0 spiro atoms. The molecule has 0 aliphatic carbocycles. The first-order valence-corrected chi connectivity index (χ1v) is 8.29. The molecule has 25 heavy (non-hydrogen) atoms. The molecule has 3 rings (SSSR count). The molecule has 1 amide bonds. The molecule has 0 aliphatic rings. The number of nitrogens with one attached hydrogen (secondary N) is 1. The Hall–Kier alpha value is -2.50. The monoisotopic (exact) mass is 375 g/mol. The van der Waals surface area contributed by atoms with E-state index in [2.05, 4.69) is 10.3 Å². The lowest BCUT2D eigenvalue weighted by atomic mass is 10.2. The lowest BCUT2D eigenvalue weighted by molar-refractivity contribution is 0.150. The van der Waals surface area contributed by atoms with Crippen molar-refractivity contribution in [2.75, 3.05) is 5.32 Å². The second kappa shape index (κ2) is 8.05. The number of imidazole rings is 1. The average molecular weight is 376 g/mol. The topological polar surface area (TPSA) is 56.1 Å². The molecule has 2 aromatic carbocycles. The molecule has 0 aliphatic heterocycles. The van der Waals surface area contributed by atoms with E-state index in [4.69, 9.17) is 27.9 Å². The van der Waals surface area contributed by atoms with Crippen LogP contribution in [-0.4, -0.2) is 15.6 Å². The zero-order valence-electron chi connectivity index (χ0n) is 13.2. The third-order valence-electron chi connectivity index (χ3n) is 3.47. The molecule has 1 heterocycles. The first-order valence-electron chi connectivity index (χ1n) is 7.54. The van der Waals surface area contributed by atoms with Crippen molar-refractivity contribution in [1.82, 2.24) is 9.55 Å². The van der Waals surface area contributed by atoms with Crippen LogP contribution in [0.15, 0.2) is 60.9 Å². The van der Waals surface area contributed by atoms with Crippen LogP contribution in [-0.2, 0) is 17.9 Å². The molecule has 0 unspecified atom stereocenters. The van der Waals surface area contributed by atoms with E-state index in [0.717, 1.165) is 5.56 Å². The molecule has 128 valence electrons. The van der Waals surface area contributed by atoms with Crippen molar-refractivity contribution >= 4 is 35.0 Å². The van der Waals surface area contributed by atoms with Crippen LogP contribution in [0.1, 0.15) is 11.4 Å². The zero-order valence-corrected chi connectivity index (χ0v) is 14.7. The fourth-order valence-electron chi connectivity index (χ4n) is 2.26. The van der Waals surface area contributed by atoms with E-state index in [0.29, 0.717) is 28.1 Å². The number of carbonyl (C=O) groups is 1. The second-order valence-corrected chi connectivity index (χ2v) is 6.18. The van der Waals surface area contributed by atoms with Gasteiger partial charge in [-0.3, -0.25) is 5.32 Å². The highest BCUT2D eigenvalue weighted by Crippen LogP contribution is 2.15. The van der Waals surface area contributed by atoms with Crippen LogP contribution in [0.2, 0.25) is 10.0 Å². The van der Waals surface area contributed by atoms with Crippen molar-refractivity contribution < 1.29 is 9.53 Å². The van der Waals surface area contributed by atoms with Crippen LogP contribution < -0.4 is 5.32 Å². The molecule has 0 radical (unpaired) electrons. The third kappa shape index (κ3) is 4.98. The van der Waals surface area contributed by atoms with Gasteiger partial charge in [-0.1, -0.05) is 41.4 Å². The van der Waals surface area contributed by atoms with E-state index in [-0.39, 0.29) is 6.61 Å². The highest BCUT2D eigenvalue weighted by atomic mass is 35.5. The highest BCUT2D eigenvalue weighted by molar-refractivity contribution is 6.31. The lowest BCUT2D eigenvalue weighted by Crippen LogP contribution is -2.15. The fourth-order valence-corrected chi connectivity index (χ4v) is 2.58. The molecule has 5 nitrogen and oxygen atoms in total. The molecular formula is C18H15Cl2N3O2. The maximum atomic E-state index is 11.9. The first-order chi connectivity index (χ1) is 12.1. The Balaban J connectivity index is 1.57. The smallest absolute Gasteiger partial charge is 0.412 e. The maximum Gasteiger partial charge on any atom is 0.412 e. The summed E-state index contributed by atoms with van der Waals surface area (Å²) in [4.78, 5) is 16.1. The van der Waals surface area contributed by atoms with Crippen LogP contribution >= 0.6 is 23.2 Å². The number of benzene rings is 2. The third-order valence-corrected chi connectivity index (χ3v) is 3.96. The van der Waals surface area contributed by atoms with E-state index in [9.17, 15) is 4.79 Å². The highest BCUT2D eigenvalue weighted by Gasteiger charge is 2.08. The number of nitrogens with zero attached hydrogens (tertiary/aromatic N) is 2. The van der Waals surface area contributed by atoms with Gasteiger partial charge in [-0.05, 0) is 35.9 Å². The fraction of sp³-hybridized carbons (Fsp3) is 0.111. The number of halogens is 2. The molecule has 1 aromatic heterocycles. The van der Waals surface area contributed by atoms with Crippen LogP contribution in [0.3, 0.4) is 0 Å². The molecule has 3 aromatic rings. The number of amides is 1. The van der Waals surface area contributed by atoms with Crippen molar-refractivity contribution in [3.63, 3.8) is 0 Å². The molecule has 0 saturated heterocycles. The molecule has 0 bridgehead atoms. The molecule has 7 heteroatoms. The molecule has 1 N–H and O–H groups in total. The van der Waals surface area contributed by atoms with Crippen molar-refractivity contribution in [2.45, 2.75) is 13.2 Å². The minimum absolute atomic E-state index is 0.0625. The Morgan fingerprint density at radius 1 is 1.12 bits per heavy atom. The van der Waals surface area contributed by atoms with Gasteiger partial charge in [0, 0.05) is 34.7 Å². The van der Waals surface area contributed by atoms with Gasteiger partial charge in [-0.15, -0.1) is 0 Å². The van der Waals surface area contributed by atoms with Crippen molar-refractivity contribution in [3.8, 4) is 0 Å². The molecular weight excluding hydrogens is 361 g/mol. The normalized spacial score (nSPS) is 10.5. The number of ether oxygens (including phenoxy) is 1. The van der Waals surface area contributed by atoms with E-state index < -0.39 is 6.09 Å². The number of hydrogen-bond donors (Lipinski definition) is 1. The van der Waals surface area contributed by atoms with Crippen LogP contribution in [0.25, 0.3) is 0 Å². The van der Waals surface area contributed by atoms with Gasteiger partial charge in [0.2, 0.25) is 0 Å². The van der Waals surface area contributed by atoms with Crippen molar-refractivity contribution in [3.05, 3.63) is 82.4 Å². The van der Waals surface area contributed by atoms with Gasteiger partial charge in [0.15, 0.2) is 6.61 Å². The van der Waals surface area contributed by atoms with Crippen molar-refractivity contribution in [2.24, 2.45) is 0 Å². The summed E-state index contributed by atoms with van der Waals surface area (Å²) >= 11 is 11.8. The quantitative estimate of drug-likeness (QED) is 0.683. The summed E-state index contributed by atoms with van der Waals surface area (Å²) < 4.78 is 7.14. The number of anilines is 1. The van der Waals surface area contributed by atoms with Crippen LogP contribution in [0, 0.1) is 0 Å². The lowest BCUT2D eigenvalue weighted by Gasteiger charge is -2.10. The van der Waals surface area contributed by atoms with Crippen molar-refractivity contribution in [1.29, 1.82) is 0 Å². The summed E-state index contributed by atoms with van der Waals surface area (Å²) in [7, 11) is 0. The Kier molecular flexibility index (Phi) is 5.58. The van der Waals surface area contributed by atoms with Gasteiger partial charge in [0.25, 0.3) is 0 Å². The van der Waals surface area contributed by atoms with Crippen LogP contribution in [0.5, 0.6) is 0 Å². The minimum Gasteiger partial charge on any atom is -0.441 e. The average Bonchev–Trinajstić information content (AvgIpc) is 3.02. The second-order valence-electron chi connectivity index (χ2n) is 5.31.